The fourth-order valence-corrected chi connectivity index (χ4v) is 8.04. The predicted molar refractivity (Wildman–Crippen MR) is 142 cm³/mol. The summed E-state index contributed by atoms with van der Waals surface area (Å²) in [6, 6.07) is 6.47. The molecule has 2 saturated carbocycles. The lowest BCUT2D eigenvalue weighted by atomic mass is 9.54. The van der Waals surface area contributed by atoms with Crippen LogP contribution < -0.4 is 10.1 Å². The monoisotopic (exact) mass is 524 g/mol. The molecule has 0 bridgehead atoms. The summed E-state index contributed by atoms with van der Waals surface area (Å²) < 4.78 is 10.4. The Morgan fingerprint density at radius 2 is 2.11 bits per heavy atom. The summed E-state index contributed by atoms with van der Waals surface area (Å²) in [7, 11) is 1.71. The van der Waals surface area contributed by atoms with Gasteiger partial charge < -0.3 is 14.8 Å². The van der Waals surface area contributed by atoms with Crippen molar-refractivity contribution in [1.82, 2.24) is 4.98 Å². The van der Waals surface area contributed by atoms with Gasteiger partial charge in [0.2, 0.25) is 5.91 Å². The van der Waals surface area contributed by atoms with Crippen LogP contribution in [0.4, 0.5) is 5.13 Å². The lowest BCUT2D eigenvalue weighted by molar-refractivity contribution is -0.142. The van der Waals surface area contributed by atoms with Crippen molar-refractivity contribution in [1.29, 1.82) is 0 Å². The number of carbonyl (C=O) groups is 3. The van der Waals surface area contributed by atoms with E-state index in [0.29, 0.717) is 60.2 Å². The van der Waals surface area contributed by atoms with Crippen LogP contribution in [-0.2, 0) is 32.0 Å². The van der Waals surface area contributed by atoms with Gasteiger partial charge in [-0.25, -0.2) is 4.98 Å². The largest absolute Gasteiger partial charge is 0.497 e. The zero-order valence-corrected chi connectivity index (χ0v) is 22.7. The van der Waals surface area contributed by atoms with E-state index in [1.54, 1.807) is 19.4 Å². The molecular weight excluding hydrogens is 488 g/mol. The molecular formula is C29H36N2O5S. The molecule has 7 nitrogen and oxygen atoms in total. The molecule has 5 rings (SSSR count). The average molecular weight is 525 g/mol. The molecule has 3 aliphatic rings. The number of carbonyl (C=O) groups excluding carboxylic acids is 3. The summed E-state index contributed by atoms with van der Waals surface area (Å²) in [6.45, 7) is 4.28. The van der Waals surface area contributed by atoms with E-state index in [0.717, 1.165) is 31.4 Å². The Morgan fingerprint density at radius 3 is 2.89 bits per heavy atom. The van der Waals surface area contributed by atoms with Crippen LogP contribution >= 0.6 is 11.3 Å². The molecule has 1 N–H and O–H groups in total. The van der Waals surface area contributed by atoms with Crippen molar-refractivity contribution in [2.24, 2.45) is 23.2 Å². The SMILES string of the molecule is CCOC(=O)Cc1csc(NC(=O)CCC2CC(=O)C3(C)CC[C@@H]4c5ccc(OC)cc5CCC4[C@H]23)n1. The van der Waals surface area contributed by atoms with E-state index in [-0.39, 0.29) is 29.6 Å². The number of ether oxygens (including phenoxy) is 2. The number of Topliss-reactive ketones (excluding diaryl/α,β-unsaturated/α-hetero) is 1. The molecule has 198 valence electrons. The molecule has 8 heteroatoms. The molecule has 0 saturated heterocycles. The van der Waals surface area contributed by atoms with Gasteiger partial charge in [-0.2, -0.15) is 0 Å². The van der Waals surface area contributed by atoms with Crippen LogP contribution in [-0.4, -0.2) is 36.4 Å². The van der Waals surface area contributed by atoms with Gasteiger partial charge in [-0.1, -0.05) is 13.0 Å². The number of rotatable bonds is 8. The van der Waals surface area contributed by atoms with Gasteiger partial charge in [-0.05, 0) is 86.0 Å². The molecule has 0 radical (unpaired) electrons. The van der Waals surface area contributed by atoms with E-state index < -0.39 is 0 Å². The Kier molecular flexibility index (Phi) is 7.39. The maximum absolute atomic E-state index is 13.3. The number of amides is 1. The first-order valence-electron chi connectivity index (χ1n) is 13.4. The second-order valence-electron chi connectivity index (χ2n) is 11.0. The van der Waals surface area contributed by atoms with Crippen molar-refractivity contribution >= 4 is 34.1 Å². The third-order valence-corrected chi connectivity index (χ3v) is 9.76. The van der Waals surface area contributed by atoms with E-state index in [1.165, 1.54) is 22.5 Å². The minimum absolute atomic E-state index is 0.0912. The third kappa shape index (κ3) is 5.05. The number of thiazole rings is 1. The van der Waals surface area contributed by atoms with Crippen LogP contribution in [0.2, 0.25) is 0 Å². The fourth-order valence-electron chi connectivity index (χ4n) is 7.31. The van der Waals surface area contributed by atoms with Gasteiger partial charge in [-0.15, -0.1) is 11.3 Å². The Balaban J connectivity index is 1.24. The van der Waals surface area contributed by atoms with E-state index in [4.69, 9.17) is 9.47 Å². The summed E-state index contributed by atoms with van der Waals surface area (Å²) in [4.78, 5) is 42.1. The highest BCUT2D eigenvalue weighted by Crippen LogP contribution is 2.62. The zero-order valence-electron chi connectivity index (χ0n) is 21.9. The third-order valence-electron chi connectivity index (χ3n) is 8.95. The number of aryl methyl sites for hydroxylation is 1. The quantitative estimate of drug-likeness (QED) is 0.469. The van der Waals surface area contributed by atoms with Crippen molar-refractivity contribution in [2.45, 2.75) is 71.1 Å². The normalized spacial score (nSPS) is 28.1. The molecule has 2 aromatic rings. The second kappa shape index (κ2) is 10.6. The highest BCUT2D eigenvalue weighted by molar-refractivity contribution is 7.13. The van der Waals surface area contributed by atoms with Crippen LogP contribution in [0.25, 0.3) is 0 Å². The van der Waals surface area contributed by atoms with E-state index in [2.05, 4.69) is 35.4 Å². The van der Waals surface area contributed by atoms with E-state index in [9.17, 15) is 14.4 Å². The smallest absolute Gasteiger partial charge is 0.311 e. The van der Waals surface area contributed by atoms with Gasteiger partial charge in [0, 0.05) is 23.6 Å². The van der Waals surface area contributed by atoms with Crippen LogP contribution in [0.15, 0.2) is 23.6 Å². The van der Waals surface area contributed by atoms with Gasteiger partial charge in [-0.3, -0.25) is 14.4 Å². The van der Waals surface area contributed by atoms with Gasteiger partial charge >= 0.3 is 5.97 Å². The molecule has 1 heterocycles. The van der Waals surface area contributed by atoms with E-state index in [1.807, 2.05) is 0 Å². The number of benzene rings is 1. The number of fused-ring (bicyclic) bond motifs is 5. The maximum atomic E-state index is 13.3. The summed E-state index contributed by atoms with van der Waals surface area (Å²) in [6.07, 6.45) is 5.82. The van der Waals surface area contributed by atoms with Crippen molar-refractivity contribution in [2.75, 3.05) is 19.0 Å². The van der Waals surface area contributed by atoms with Gasteiger partial charge in [0.25, 0.3) is 0 Å². The summed E-state index contributed by atoms with van der Waals surface area (Å²) in [5.41, 5.74) is 3.13. The number of aromatic nitrogens is 1. The van der Waals surface area contributed by atoms with Crippen LogP contribution in [0.3, 0.4) is 0 Å². The van der Waals surface area contributed by atoms with Crippen LogP contribution in [0.5, 0.6) is 5.75 Å². The zero-order chi connectivity index (χ0) is 26.2. The summed E-state index contributed by atoms with van der Waals surface area (Å²) in [5.74, 6) is 2.37. The molecule has 37 heavy (non-hydrogen) atoms. The molecule has 2 fully saturated rings. The Hall–Kier alpha value is -2.74. The number of nitrogens with zero attached hydrogens (tertiary/aromatic N) is 1. The van der Waals surface area contributed by atoms with Crippen LogP contribution in [0.1, 0.15) is 75.1 Å². The standard InChI is InChI=1S/C29H36N2O5S/c1-4-36-26(34)15-19-16-37-28(30-19)31-25(33)10-6-18-14-24(32)29(2)12-11-22-21-9-7-20(35-3)13-17(21)5-8-23(22)27(18)29/h7,9,13,16,18,22-23,27H,4-6,8,10-12,14-15H2,1-3H3,(H,30,31,33)/t18?,22-,23?,27+,29?/m1/s1. The fraction of sp³-hybridized carbons (Fsp3) is 0.586. The highest BCUT2D eigenvalue weighted by atomic mass is 32.1. The number of hydrogen-bond acceptors (Lipinski definition) is 7. The molecule has 5 atom stereocenters. The van der Waals surface area contributed by atoms with Crippen molar-refractivity contribution in [3.05, 3.63) is 40.4 Å². The molecule has 1 aromatic heterocycles. The van der Waals surface area contributed by atoms with Gasteiger partial charge in [0.1, 0.15) is 11.5 Å². The molecule has 0 spiro atoms. The highest BCUT2D eigenvalue weighted by Gasteiger charge is 2.58. The Bertz CT molecular complexity index is 1190. The molecule has 3 aliphatic carbocycles. The molecule has 3 unspecified atom stereocenters. The van der Waals surface area contributed by atoms with Gasteiger partial charge in [0.05, 0.1) is 25.8 Å². The predicted octanol–water partition coefficient (Wildman–Crippen LogP) is 5.33. The number of hydrogen-bond donors (Lipinski definition) is 1. The molecule has 1 aromatic carbocycles. The first-order chi connectivity index (χ1) is 17.8. The van der Waals surface area contributed by atoms with Crippen LogP contribution in [0, 0.1) is 23.2 Å². The number of methoxy groups -OCH3 is 1. The maximum Gasteiger partial charge on any atom is 0.311 e. The number of nitrogens with one attached hydrogen (secondary N) is 1. The summed E-state index contributed by atoms with van der Waals surface area (Å²) >= 11 is 1.31. The molecule has 0 aliphatic heterocycles. The van der Waals surface area contributed by atoms with Crippen molar-refractivity contribution in [3.8, 4) is 5.75 Å². The Labute approximate surface area is 222 Å². The van der Waals surface area contributed by atoms with E-state index >= 15 is 0 Å². The minimum atomic E-state index is -0.324. The lowest BCUT2D eigenvalue weighted by Crippen LogP contribution is -2.44. The lowest BCUT2D eigenvalue weighted by Gasteiger charge is -2.50. The first kappa shape index (κ1) is 25.9. The first-order valence-corrected chi connectivity index (χ1v) is 14.3. The Morgan fingerprint density at radius 1 is 1.27 bits per heavy atom. The summed E-state index contributed by atoms with van der Waals surface area (Å²) in [5, 5.41) is 5.15. The second-order valence-corrected chi connectivity index (χ2v) is 11.8. The number of esters is 1. The number of anilines is 1. The minimum Gasteiger partial charge on any atom is -0.497 e. The van der Waals surface area contributed by atoms with Crippen molar-refractivity contribution in [3.63, 3.8) is 0 Å². The molecule has 1 amide bonds. The van der Waals surface area contributed by atoms with Crippen molar-refractivity contribution < 1.29 is 23.9 Å². The average Bonchev–Trinajstić information content (AvgIpc) is 3.42. The number of ketones is 1. The topological polar surface area (TPSA) is 94.6 Å². The van der Waals surface area contributed by atoms with Gasteiger partial charge in [0.15, 0.2) is 5.13 Å².